The van der Waals surface area contributed by atoms with Crippen molar-refractivity contribution in [1.29, 1.82) is 0 Å². The summed E-state index contributed by atoms with van der Waals surface area (Å²) in [5, 5.41) is 4.81. The summed E-state index contributed by atoms with van der Waals surface area (Å²) in [7, 11) is 0. The third-order valence-corrected chi connectivity index (χ3v) is 7.30. The van der Waals surface area contributed by atoms with Crippen LogP contribution in [0.2, 0.25) is 0 Å². The predicted octanol–water partition coefficient (Wildman–Crippen LogP) is 3.92. The van der Waals surface area contributed by atoms with Gasteiger partial charge in [-0.1, -0.05) is 0 Å². The first-order valence-electron chi connectivity index (χ1n) is 11.5. The molecule has 0 bridgehead atoms. The third-order valence-electron chi connectivity index (χ3n) is 7.30. The van der Waals surface area contributed by atoms with Crippen LogP contribution in [0, 0.1) is 11.8 Å². The van der Waals surface area contributed by atoms with Gasteiger partial charge in [0.15, 0.2) is 11.6 Å². The van der Waals surface area contributed by atoms with Gasteiger partial charge in [-0.05, 0) is 57.6 Å². The minimum Gasteiger partial charge on any atom is -0.431 e. The molecule has 5 rings (SSSR count). The van der Waals surface area contributed by atoms with E-state index in [1.807, 2.05) is 0 Å². The van der Waals surface area contributed by atoms with E-state index in [1.165, 1.54) is 24.6 Å². The Hall–Kier alpha value is -2.26. The van der Waals surface area contributed by atoms with Gasteiger partial charge in [-0.2, -0.15) is 13.9 Å². The van der Waals surface area contributed by atoms with Crippen molar-refractivity contribution in [3.05, 3.63) is 24.0 Å². The van der Waals surface area contributed by atoms with Crippen LogP contribution in [0.5, 0.6) is 5.75 Å². The maximum Gasteiger partial charge on any atom is 0.387 e. The van der Waals surface area contributed by atoms with E-state index < -0.39 is 6.61 Å². The molecule has 3 heterocycles. The van der Waals surface area contributed by atoms with Gasteiger partial charge in [0.25, 0.3) is 0 Å². The van der Waals surface area contributed by atoms with Crippen LogP contribution in [0.1, 0.15) is 51.3 Å². The van der Waals surface area contributed by atoms with Gasteiger partial charge < -0.3 is 15.2 Å². The summed E-state index contributed by atoms with van der Waals surface area (Å²) in [6.45, 7) is 6.21. The summed E-state index contributed by atoms with van der Waals surface area (Å²) in [5.74, 6) is 1.69. The Morgan fingerprint density at radius 2 is 1.97 bits per heavy atom. The van der Waals surface area contributed by atoms with Gasteiger partial charge in [0.05, 0.1) is 18.9 Å². The molecule has 32 heavy (non-hydrogen) atoms. The van der Waals surface area contributed by atoms with Crippen LogP contribution < -0.4 is 10.5 Å². The Balaban J connectivity index is 1.36. The normalized spacial score (nSPS) is 30.2. The number of hydrogen-bond donors (Lipinski definition) is 1. The molecule has 0 aromatic carbocycles. The zero-order valence-corrected chi connectivity index (χ0v) is 18.7. The first-order valence-corrected chi connectivity index (χ1v) is 11.5. The van der Waals surface area contributed by atoms with Crippen molar-refractivity contribution < 1.29 is 18.3 Å². The van der Waals surface area contributed by atoms with Crippen molar-refractivity contribution in [3.8, 4) is 17.0 Å². The van der Waals surface area contributed by atoms with Gasteiger partial charge in [-0.3, -0.25) is 9.58 Å². The molecule has 3 fully saturated rings. The molecule has 9 heteroatoms. The van der Waals surface area contributed by atoms with Crippen LogP contribution in [0.15, 0.2) is 18.3 Å². The molecule has 1 aliphatic heterocycles. The molecule has 7 nitrogen and oxygen atoms in total. The van der Waals surface area contributed by atoms with Crippen LogP contribution >= 0.6 is 0 Å². The van der Waals surface area contributed by atoms with Crippen molar-refractivity contribution in [2.75, 3.05) is 25.5 Å². The summed E-state index contributed by atoms with van der Waals surface area (Å²) >= 11 is 0. The number of alkyl halides is 2. The van der Waals surface area contributed by atoms with E-state index in [9.17, 15) is 8.78 Å². The summed E-state index contributed by atoms with van der Waals surface area (Å²) in [6, 6.07) is 4.92. The van der Waals surface area contributed by atoms with E-state index >= 15 is 0 Å². The minimum atomic E-state index is -2.95. The van der Waals surface area contributed by atoms with Crippen LogP contribution in [-0.2, 0) is 4.74 Å². The molecule has 2 aromatic heterocycles. The van der Waals surface area contributed by atoms with Gasteiger partial charge in [0, 0.05) is 48.0 Å². The zero-order valence-electron chi connectivity index (χ0n) is 18.7. The molecule has 0 unspecified atom stereocenters. The SMILES string of the molecule is CC(C)n1nc(-c2cnc(N)c(OC(F)F)c2)cc1[C@H]1[C@@H]2C[C@H](N3CCOC[C@H]3C)C[C@@H]21. The fourth-order valence-corrected chi connectivity index (χ4v) is 5.80. The number of ether oxygens (including phenoxy) is 2. The molecule has 0 radical (unpaired) electrons. The number of halogens is 2. The number of fused-ring (bicyclic) bond motifs is 1. The highest BCUT2D eigenvalue weighted by Crippen LogP contribution is 2.64. The molecule has 1 saturated heterocycles. The molecular weight excluding hydrogens is 416 g/mol. The number of hydrogen-bond acceptors (Lipinski definition) is 6. The first-order chi connectivity index (χ1) is 15.3. The van der Waals surface area contributed by atoms with Gasteiger partial charge in [-0.25, -0.2) is 4.98 Å². The fraction of sp³-hybridized carbons (Fsp3) is 0.652. The topological polar surface area (TPSA) is 78.4 Å². The number of nitrogen functional groups attached to an aromatic ring is 1. The van der Waals surface area contributed by atoms with Gasteiger partial charge >= 0.3 is 6.61 Å². The van der Waals surface area contributed by atoms with Gasteiger partial charge in [-0.15, -0.1) is 0 Å². The van der Waals surface area contributed by atoms with E-state index in [4.69, 9.17) is 15.6 Å². The molecule has 5 atom stereocenters. The summed E-state index contributed by atoms with van der Waals surface area (Å²) in [5.41, 5.74) is 8.26. The van der Waals surface area contributed by atoms with Crippen LogP contribution in [0.3, 0.4) is 0 Å². The molecule has 3 aliphatic rings. The number of morpholine rings is 1. The Kier molecular flexibility index (Phi) is 5.57. The van der Waals surface area contributed by atoms with E-state index in [0.717, 1.165) is 19.8 Å². The van der Waals surface area contributed by atoms with Crippen LogP contribution in [-0.4, -0.2) is 58.1 Å². The zero-order chi connectivity index (χ0) is 22.6. The Morgan fingerprint density at radius 1 is 1.22 bits per heavy atom. The highest BCUT2D eigenvalue weighted by molar-refractivity contribution is 5.64. The molecule has 0 spiro atoms. The number of aromatic nitrogens is 3. The van der Waals surface area contributed by atoms with E-state index in [1.54, 1.807) is 6.20 Å². The van der Waals surface area contributed by atoms with Crippen molar-refractivity contribution in [1.82, 2.24) is 19.7 Å². The highest BCUT2D eigenvalue weighted by Gasteiger charge is 2.59. The summed E-state index contributed by atoms with van der Waals surface area (Å²) in [6.07, 6.45) is 4.00. The minimum absolute atomic E-state index is 0.0577. The maximum absolute atomic E-state index is 12.7. The van der Waals surface area contributed by atoms with Gasteiger partial charge in [0.2, 0.25) is 0 Å². The van der Waals surface area contributed by atoms with Crippen molar-refractivity contribution in [2.45, 2.75) is 64.3 Å². The average Bonchev–Trinajstić information content (AvgIpc) is 3.09. The molecule has 174 valence electrons. The molecule has 2 aromatic rings. The maximum atomic E-state index is 12.7. The monoisotopic (exact) mass is 447 g/mol. The second-order valence-electron chi connectivity index (χ2n) is 9.62. The first kappa shape index (κ1) is 21.6. The lowest BCUT2D eigenvalue weighted by Gasteiger charge is -2.38. The lowest BCUT2D eigenvalue weighted by molar-refractivity contribution is -0.0494. The lowest BCUT2D eigenvalue weighted by atomic mass is 10.0. The molecule has 2 aliphatic carbocycles. The largest absolute Gasteiger partial charge is 0.431 e. The molecular formula is C23H31F2N5O2. The Morgan fingerprint density at radius 3 is 2.62 bits per heavy atom. The predicted molar refractivity (Wildman–Crippen MR) is 117 cm³/mol. The molecule has 2 N–H and O–H groups in total. The van der Waals surface area contributed by atoms with E-state index in [-0.39, 0.29) is 17.6 Å². The van der Waals surface area contributed by atoms with E-state index in [2.05, 4.69) is 46.1 Å². The van der Waals surface area contributed by atoms with Crippen LogP contribution in [0.25, 0.3) is 11.3 Å². The van der Waals surface area contributed by atoms with Gasteiger partial charge in [0.1, 0.15) is 0 Å². The number of nitrogens with two attached hydrogens (primary N) is 1. The van der Waals surface area contributed by atoms with Crippen molar-refractivity contribution >= 4 is 5.82 Å². The van der Waals surface area contributed by atoms with Crippen molar-refractivity contribution in [2.24, 2.45) is 11.8 Å². The quantitative estimate of drug-likeness (QED) is 0.723. The third kappa shape index (κ3) is 3.85. The highest BCUT2D eigenvalue weighted by atomic mass is 19.3. The number of pyridine rings is 1. The summed E-state index contributed by atoms with van der Waals surface area (Å²) in [4.78, 5) is 6.66. The molecule has 2 saturated carbocycles. The number of anilines is 1. The number of rotatable bonds is 6. The standard InChI is InChI=1S/C23H31F2N5O2/c1-12(2)30-19(9-18(28-30)14-6-20(32-23(24)25)22(26)27-10-14)21-16-7-15(8-17(16)21)29-4-5-31-11-13(29)3/h6,9-10,12-13,15-17,21,23H,4-5,7-8,11H2,1-3H3,(H2,26,27)/t13-,15-,16+,17-,21-/m1/s1. The smallest absolute Gasteiger partial charge is 0.387 e. The number of nitrogens with zero attached hydrogens (tertiary/aromatic N) is 4. The van der Waals surface area contributed by atoms with E-state index in [0.29, 0.717) is 41.1 Å². The average molecular weight is 448 g/mol. The van der Waals surface area contributed by atoms with Crippen molar-refractivity contribution in [3.63, 3.8) is 0 Å². The Bertz CT molecular complexity index is 969. The van der Waals surface area contributed by atoms with Crippen LogP contribution in [0.4, 0.5) is 14.6 Å². The second-order valence-corrected chi connectivity index (χ2v) is 9.62. The molecule has 0 amide bonds. The lowest BCUT2D eigenvalue weighted by Crippen LogP contribution is -2.49. The fourth-order valence-electron chi connectivity index (χ4n) is 5.80. The summed E-state index contributed by atoms with van der Waals surface area (Å²) < 4.78 is 37.6. The Labute approximate surface area is 186 Å². The second kappa shape index (κ2) is 8.26.